The maximum atomic E-state index is 13.5. The van der Waals surface area contributed by atoms with Gasteiger partial charge in [-0.15, -0.1) is 0 Å². The normalized spacial score (nSPS) is 32.6. The summed E-state index contributed by atoms with van der Waals surface area (Å²) in [6, 6.07) is 11.3. The lowest BCUT2D eigenvalue weighted by atomic mass is 9.68. The third-order valence-electron chi connectivity index (χ3n) is 10.3. The van der Waals surface area contributed by atoms with Crippen molar-refractivity contribution in [2.24, 2.45) is 11.8 Å². The van der Waals surface area contributed by atoms with Gasteiger partial charge in [0, 0.05) is 48.8 Å². The largest absolute Gasteiger partial charge is 0.490 e. The zero-order chi connectivity index (χ0) is 30.5. The zero-order valence-corrected chi connectivity index (χ0v) is 26.4. The summed E-state index contributed by atoms with van der Waals surface area (Å²) in [5, 5.41) is 11.9. The fourth-order valence-electron chi connectivity index (χ4n) is 7.61. The molecule has 1 saturated heterocycles. The molecule has 0 unspecified atom stereocenters. The van der Waals surface area contributed by atoms with Crippen LogP contribution in [0.4, 0.5) is 5.69 Å². The van der Waals surface area contributed by atoms with Crippen molar-refractivity contribution in [3.8, 4) is 5.75 Å². The third-order valence-corrected chi connectivity index (χ3v) is 12.0. The minimum atomic E-state index is -4.14. The highest BCUT2D eigenvalue weighted by atomic mass is 35.5. The second-order valence-corrected chi connectivity index (χ2v) is 15.2. The standard InChI is InChI=1S/C33H40ClN3O6S/c34-25-8-10-28-22(16-25)4-3-13-33(28)20-36-18-24-6-9-27(24)30(38)5-1-2-14-37(19-26-12-15-42-26)44(40,41)35-32(39)23-7-11-31(43-21-33)29(36)17-23/h1,5,7-8,10-11,16-17,24,26-27,30,38H,2-4,6,9,12-15,18-21H2,(H,35,39)/b5-1-/t24-,26-,27+,30-,33-/m0/s1. The Bertz CT molecular complexity index is 1560. The van der Waals surface area contributed by atoms with E-state index in [1.54, 1.807) is 18.2 Å². The average Bonchev–Trinajstić information content (AvgIpc) is 3.10. The smallest absolute Gasteiger partial charge is 0.304 e. The molecule has 3 heterocycles. The number of aliphatic hydroxyl groups excluding tert-OH is 1. The number of aliphatic hydroxyl groups is 1. The number of halogens is 1. The highest BCUT2D eigenvalue weighted by molar-refractivity contribution is 7.87. The van der Waals surface area contributed by atoms with E-state index < -0.39 is 22.2 Å². The molecule has 5 atom stereocenters. The molecule has 11 heteroatoms. The number of fused-ring (bicyclic) bond motifs is 4. The van der Waals surface area contributed by atoms with Gasteiger partial charge in [-0.25, -0.2) is 4.72 Å². The summed E-state index contributed by atoms with van der Waals surface area (Å²) in [7, 11) is -4.14. The Morgan fingerprint density at radius 2 is 2.00 bits per heavy atom. The number of hydrogen-bond donors (Lipinski definition) is 2. The van der Waals surface area contributed by atoms with E-state index in [9.17, 15) is 18.3 Å². The van der Waals surface area contributed by atoms with Crippen molar-refractivity contribution in [2.75, 3.05) is 44.3 Å². The Labute approximate surface area is 264 Å². The molecule has 1 spiro atoms. The summed E-state index contributed by atoms with van der Waals surface area (Å²) in [5.74, 6) is 0.367. The number of nitrogens with zero attached hydrogens (tertiary/aromatic N) is 2. The lowest BCUT2D eigenvalue weighted by Crippen LogP contribution is -2.50. The lowest BCUT2D eigenvalue weighted by molar-refractivity contribution is -0.0574. The SMILES string of the molecule is O=C1NS(=O)(=O)N(C[C@@H]2CCO2)CC/C=C\[C@H](O)[C@@H]2CC[C@H]2CN2C[C@@]3(CCCc4cc(Cl)ccc43)COc3ccc1cc32. The van der Waals surface area contributed by atoms with Gasteiger partial charge < -0.3 is 19.5 Å². The van der Waals surface area contributed by atoms with Crippen molar-refractivity contribution in [1.29, 1.82) is 0 Å². The summed E-state index contributed by atoms with van der Waals surface area (Å²) in [6.07, 6.45) is 8.95. The Hall–Kier alpha value is -2.63. The maximum Gasteiger partial charge on any atom is 0.304 e. The van der Waals surface area contributed by atoms with Gasteiger partial charge in [0.15, 0.2) is 0 Å². The van der Waals surface area contributed by atoms with Crippen LogP contribution in [0.3, 0.4) is 0 Å². The van der Waals surface area contributed by atoms with Crippen LogP contribution < -0.4 is 14.4 Å². The van der Waals surface area contributed by atoms with Crippen molar-refractivity contribution in [2.45, 2.75) is 62.6 Å². The summed E-state index contributed by atoms with van der Waals surface area (Å²) in [4.78, 5) is 15.8. The van der Waals surface area contributed by atoms with Gasteiger partial charge in [0.05, 0.1) is 24.5 Å². The molecule has 7 rings (SSSR count). The quantitative estimate of drug-likeness (QED) is 0.473. The van der Waals surface area contributed by atoms with Crippen LogP contribution >= 0.6 is 11.6 Å². The van der Waals surface area contributed by atoms with Crippen LogP contribution in [-0.2, 0) is 26.8 Å². The summed E-state index contributed by atoms with van der Waals surface area (Å²) >= 11 is 6.40. The molecule has 2 fully saturated rings. The van der Waals surface area contributed by atoms with Crippen LogP contribution in [0.2, 0.25) is 5.02 Å². The lowest BCUT2D eigenvalue weighted by Gasteiger charge is -2.45. The van der Waals surface area contributed by atoms with E-state index in [1.165, 1.54) is 15.4 Å². The fourth-order valence-corrected chi connectivity index (χ4v) is 9.00. The van der Waals surface area contributed by atoms with E-state index in [0.717, 1.165) is 49.2 Å². The monoisotopic (exact) mass is 641 g/mol. The number of amides is 1. The topological polar surface area (TPSA) is 108 Å². The highest BCUT2D eigenvalue weighted by Gasteiger charge is 2.44. The van der Waals surface area contributed by atoms with Crippen molar-refractivity contribution >= 4 is 33.4 Å². The van der Waals surface area contributed by atoms with Crippen molar-refractivity contribution in [1.82, 2.24) is 9.03 Å². The first-order valence-electron chi connectivity index (χ1n) is 15.8. The number of anilines is 1. The summed E-state index contributed by atoms with van der Waals surface area (Å²) < 4.78 is 42.6. The van der Waals surface area contributed by atoms with Gasteiger partial charge in [-0.2, -0.15) is 12.7 Å². The molecule has 2 aromatic rings. The van der Waals surface area contributed by atoms with Crippen LogP contribution in [0.25, 0.3) is 0 Å². The molecule has 2 aromatic carbocycles. The van der Waals surface area contributed by atoms with Crippen LogP contribution in [0.1, 0.15) is 60.0 Å². The summed E-state index contributed by atoms with van der Waals surface area (Å²) in [6.45, 7) is 2.83. The number of carbonyl (C=O) groups is 1. The number of rotatable bonds is 2. The molecule has 0 radical (unpaired) electrons. The zero-order valence-electron chi connectivity index (χ0n) is 24.8. The Kier molecular flexibility index (Phi) is 8.16. The molecule has 2 N–H and O–H groups in total. The van der Waals surface area contributed by atoms with Gasteiger partial charge in [0.2, 0.25) is 0 Å². The second-order valence-electron chi connectivity index (χ2n) is 13.1. The second kappa shape index (κ2) is 11.9. The number of benzene rings is 2. The maximum absolute atomic E-state index is 13.5. The van der Waals surface area contributed by atoms with E-state index in [1.807, 2.05) is 18.2 Å². The van der Waals surface area contributed by atoms with Crippen molar-refractivity contribution in [3.63, 3.8) is 0 Å². The minimum absolute atomic E-state index is 0.106. The van der Waals surface area contributed by atoms with Gasteiger partial charge >= 0.3 is 10.2 Å². The molecule has 2 aliphatic carbocycles. The Morgan fingerprint density at radius 3 is 2.77 bits per heavy atom. The van der Waals surface area contributed by atoms with Gasteiger partial charge in [-0.05, 0) is 98.2 Å². The van der Waals surface area contributed by atoms with E-state index in [-0.39, 0.29) is 42.0 Å². The average molecular weight is 642 g/mol. The molecule has 1 saturated carbocycles. The van der Waals surface area contributed by atoms with Crippen LogP contribution in [-0.4, -0.2) is 75.3 Å². The van der Waals surface area contributed by atoms with Gasteiger partial charge in [-0.1, -0.05) is 29.8 Å². The predicted octanol–water partition coefficient (Wildman–Crippen LogP) is 4.23. The van der Waals surface area contributed by atoms with Crippen LogP contribution in [0, 0.1) is 11.8 Å². The molecule has 0 aromatic heterocycles. The number of nitrogens with one attached hydrogen (secondary N) is 1. The van der Waals surface area contributed by atoms with Crippen LogP contribution in [0.5, 0.6) is 5.75 Å². The minimum Gasteiger partial charge on any atom is -0.490 e. The molecular formula is C33H40ClN3O6S. The number of carbonyl (C=O) groups excluding carboxylic acids is 1. The van der Waals surface area contributed by atoms with E-state index >= 15 is 0 Å². The van der Waals surface area contributed by atoms with E-state index in [0.29, 0.717) is 38.5 Å². The van der Waals surface area contributed by atoms with Gasteiger partial charge in [-0.3, -0.25) is 4.79 Å². The van der Waals surface area contributed by atoms with E-state index in [4.69, 9.17) is 21.1 Å². The molecule has 9 nitrogen and oxygen atoms in total. The molecule has 1 amide bonds. The van der Waals surface area contributed by atoms with E-state index in [2.05, 4.69) is 21.8 Å². The van der Waals surface area contributed by atoms with Crippen LogP contribution in [0.15, 0.2) is 48.6 Å². The van der Waals surface area contributed by atoms with Gasteiger partial charge in [0.25, 0.3) is 5.91 Å². The molecule has 3 aliphatic heterocycles. The van der Waals surface area contributed by atoms with Gasteiger partial charge in [0.1, 0.15) is 5.75 Å². The number of ether oxygens (including phenoxy) is 2. The number of hydrogen-bond acceptors (Lipinski definition) is 7. The Balaban J connectivity index is 1.26. The number of aryl methyl sites for hydroxylation is 1. The molecular weight excluding hydrogens is 602 g/mol. The van der Waals surface area contributed by atoms with Crippen molar-refractivity contribution in [3.05, 3.63) is 70.3 Å². The molecule has 5 aliphatic rings. The predicted molar refractivity (Wildman–Crippen MR) is 169 cm³/mol. The third kappa shape index (κ3) is 5.75. The van der Waals surface area contributed by atoms with Crippen molar-refractivity contribution < 1.29 is 27.8 Å². The molecule has 44 heavy (non-hydrogen) atoms. The fraction of sp³-hybridized carbons (Fsp3) is 0.545. The first-order valence-corrected chi connectivity index (χ1v) is 17.6. The molecule has 2 bridgehead atoms. The first kappa shape index (κ1) is 30.0. The Morgan fingerprint density at radius 1 is 1.14 bits per heavy atom. The molecule has 236 valence electrons. The highest BCUT2D eigenvalue weighted by Crippen LogP contribution is 2.46. The first-order chi connectivity index (χ1) is 21.2. The summed E-state index contributed by atoms with van der Waals surface area (Å²) in [5.41, 5.74) is 3.25.